The van der Waals surface area contributed by atoms with Crippen LogP contribution >= 0.6 is 0 Å². The van der Waals surface area contributed by atoms with Crippen LogP contribution < -0.4 is 0 Å². The summed E-state index contributed by atoms with van der Waals surface area (Å²) in [5.74, 6) is 0. The van der Waals surface area contributed by atoms with Crippen LogP contribution in [0.3, 0.4) is 0 Å². The van der Waals surface area contributed by atoms with Crippen molar-refractivity contribution in [2.75, 3.05) is 13.2 Å². The third-order valence-corrected chi connectivity index (χ3v) is 7.99. The highest BCUT2D eigenvalue weighted by Crippen LogP contribution is 2.32. The van der Waals surface area contributed by atoms with Crippen molar-refractivity contribution in [1.82, 2.24) is 0 Å². The second kappa shape index (κ2) is 14.0. The molecule has 0 spiro atoms. The number of alkyl halides is 6. The molecule has 0 N–H and O–H groups in total. The summed E-state index contributed by atoms with van der Waals surface area (Å²) >= 11 is 0. The van der Waals surface area contributed by atoms with Crippen LogP contribution in [-0.2, 0) is 28.6 Å². The molecule has 194 valence electrons. The Bertz CT molecular complexity index is 657. The van der Waals surface area contributed by atoms with Gasteiger partial charge in [0, 0.05) is 0 Å². The molecule has 0 heterocycles. The maximum Gasteiger partial charge on any atom is 0.407 e. The predicted octanol–water partition coefficient (Wildman–Crippen LogP) is 5.48. The highest BCUT2D eigenvalue weighted by molar-refractivity contribution is 7.87. The molecule has 0 aromatic heterocycles. The van der Waals surface area contributed by atoms with Crippen LogP contribution in [0.1, 0.15) is 78.1 Å². The first kappa shape index (κ1) is 31.4. The smallest absolute Gasteiger partial charge is 0.270 e. The summed E-state index contributed by atoms with van der Waals surface area (Å²) < 4.78 is 135. The maximum atomic E-state index is 13.0. The van der Waals surface area contributed by atoms with Crippen LogP contribution in [0.5, 0.6) is 0 Å². The highest BCUT2D eigenvalue weighted by Gasteiger charge is 2.49. The van der Waals surface area contributed by atoms with Gasteiger partial charge in [-0.15, -0.1) is 0 Å². The van der Waals surface area contributed by atoms with E-state index in [4.69, 9.17) is 0 Å². The number of hydrogen-bond acceptors (Lipinski definition) is 6. The zero-order valence-corrected chi connectivity index (χ0v) is 19.8. The van der Waals surface area contributed by atoms with Crippen molar-refractivity contribution in [3.63, 3.8) is 0 Å². The molecule has 0 aliphatic heterocycles. The Kier molecular flexibility index (Phi) is 13.7. The molecule has 0 saturated heterocycles. The Labute approximate surface area is 186 Å². The number of hydrogen-bond donors (Lipinski definition) is 0. The van der Waals surface area contributed by atoms with Gasteiger partial charge in [-0.2, -0.15) is 43.2 Å². The van der Waals surface area contributed by atoms with Gasteiger partial charge < -0.3 is 0 Å². The van der Waals surface area contributed by atoms with Gasteiger partial charge in [0.15, 0.2) is 10.5 Å². The van der Waals surface area contributed by atoms with Crippen molar-refractivity contribution in [2.45, 2.75) is 101 Å². The van der Waals surface area contributed by atoms with E-state index in [1.165, 1.54) is 0 Å². The Balaban J connectivity index is 4.67. The van der Waals surface area contributed by atoms with E-state index in [0.29, 0.717) is 25.7 Å². The molecule has 0 aliphatic carbocycles. The Morgan fingerprint density at radius 2 is 0.906 bits per heavy atom. The SMILES string of the molecule is CCCCCC(C(F)(F)F)S(=O)(=O)OCCCCOS(=O)(=O)C(CCCCC)C(F)(F)F. The van der Waals surface area contributed by atoms with Gasteiger partial charge >= 0.3 is 12.4 Å². The molecule has 0 aromatic carbocycles. The lowest BCUT2D eigenvalue weighted by Gasteiger charge is -2.20. The lowest BCUT2D eigenvalue weighted by Crippen LogP contribution is -2.38. The molecule has 0 saturated carbocycles. The van der Waals surface area contributed by atoms with E-state index in [1.807, 2.05) is 0 Å². The molecule has 0 bridgehead atoms. The van der Waals surface area contributed by atoms with Gasteiger partial charge in [-0.05, 0) is 25.7 Å². The van der Waals surface area contributed by atoms with Gasteiger partial charge in [-0.1, -0.05) is 52.4 Å². The average molecular weight is 523 g/mol. The van der Waals surface area contributed by atoms with E-state index >= 15 is 0 Å². The molecule has 0 aliphatic rings. The zero-order chi connectivity index (χ0) is 25.1. The van der Waals surface area contributed by atoms with Crippen LogP contribution in [0.2, 0.25) is 0 Å². The lowest BCUT2D eigenvalue weighted by atomic mass is 10.1. The second-order valence-corrected chi connectivity index (χ2v) is 11.0. The lowest BCUT2D eigenvalue weighted by molar-refractivity contribution is -0.134. The van der Waals surface area contributed by atoms with Gasteiger partial charge in [0.2, 0.25) is 0 Å². The van der Waals surface area contributed by atoms with Crippen molar-refractivity contribution in [1.29, 1.82) is 0 Å². The van der Waals surface area contributed by atoms with Gasteiger partial charge in [-0.25, -0.2) is 0 Å². The first-order chi connectivity index (χ1) is 14.6. The normalized spacial score (nSPS) is 15.6. The van der Waals surface area contributed by atoms with E-state index in [0.717, 1.165) is 0 Å². The van der Waals surface area contributed by atoms with Crippen LogP contribution in [-0.4, -0.2) is 52.9 Å². The molecule has 0 fully saturated rings. The average Bonchev–Trinajstić information content (AvgIpc) is 2.62. The zero-order valence-electron chi connectivity index (χ0n) is 18.2. The van der Waals surface area contributed by atoms with Crippen LogP contribution in [0.25, 0.3) is 0 Å². The van der Waals surface area contributed by atoms with Crippen LogP contribution in [0.4, 0.5) is 26.3 Å². The molecule has 2 atom stereocenters. The van der Waals surface area contributed by atoms with Crippen LogP contribution in [0.15, 0.2) is 0 Å². The minimum Gasteiger partial charge on any atom is -0.270 e. The molecule has 14 heteroatoms. The fourth-order valence-corrected chi connectivity index (χ4v) is 5.42. The molecule has 0 aromatic rings. The highest BCUT2D eigenvalue weighted by atomic mass is 32.2. The first-order valence-electron chi connectivity index (χ1n) is 10.5. The minimum absolute atomic E-state index is 0.0492. The summed E-state index contributed by atoms with van der Waals surface area (Å²) in [7, 11) is -9.91. The summed E-state index contributed by atoms with van der Waals surface area (Å²) in [4.78, 5) is 0. The summed E-state index contributed by atoms with van der Waals surface area (Å²) in [6.45, 7) is 2.15. The first-order valence-corrected chi connectivity index (χ1v) is 13.4. The standard InChI is InChI=1S/C18H32F6O6S2/c1-3-5-7-11-15(17(19,20)21)31(25,26)29-13-9-10-14-30-32(27,28)16(18(22,23)24)12-8-6-4-2/h15-16H,3-14H2,1-2H3. The van der Waals surface area contributed by atoms with Crippen molar-refractivity contribution < 1.29 is 51.5 Å². The molecule has 0 amide bonds. The number of halogens is 6. The molecule has 0 rings (SSSR count). The van der Waals surface area contributed by atoms with E-state index in [2.05, 4.69) is 8.37 Å². The molecule has 32 heavy (non-hydrogen) atoms. The Hall–Kier alpha value is -0.600. The number of rotatable bonds is 17. The van der Waals surface area contributed by atoms with Crippen molar-refractivity contribution >= 4 is 20.2 Å². The summed E-state index contributed by atoms with van der Waals surface area (Å²) in [6.07, 6.45) is -9.60. The predicted molar refractivity (Wildman–Crippen MR) is 107 cm³/mol. The third kappa shape index (κ3) is 12.0. The van der Waals surface area contributed by atoms with Gasteiger partial charge in [-0.3, -0.25) is 8.37 Å². The number of unbranched alkanes of at least 4 members (excludes halogenated alkanes) is 5. The van der Waals surface area contributed by atoms with E-state index in [-0.39, 0.29) is 25.7 Å². The molecular formula is C18H32F6O6S2. The quantitative estimate of drug-likeness (QED) is 0.143. The fourth-order valence-electron chi connectivity index (χ4n) is 2.82. The fraction of sp³-hybridized carbons (Fsp3) is 1.00. The van der Waals surface area contributed by atoms with Crippen molar-refractivity contribution in [3.05, 3.63) is 0 Å². The molecule has 6 nitrogen and oxygen atoms in total. The monoisotopic (exact) mass is 522 g/mol. The summed E-state index contributed by atoms with van der Waals surface area (Å²) in [6, 6.07) is 0. The summed E-state index contributed by atoms with van der Waals surface area (Å²) in [5, 5.41) is -5.34. The topological polar surface area (TPSA) is 86.7 Å². The van der Waals surface area contributed by atoms with Gasteiger partial charge in [0.25, 0.3) is 20.2 Å². The summed E-state index contributed by atoms with van der Waals surface area (Å²) in [5.41, 5.74) is 0. The maximum absolute atomic E-state index is 13.0. The molecule has 0 radical (unpaired) electrons. The van der Waals surface area contributed by atoms with Crippen LogP contribution in [0, 0.1) is 0 Å². The molecular weight excluding hydrogens is 490 g/mol. The van der Waals surface area contributed by atoms with Gasteiger partial charge in [0.1, 0.15) is 0 Å². The minimum atomic E-state index is -5.01. The van der Waals surface area contributed by atoms with E-state index in [9.17, 15) is 43.2 Å². The Morgan fingerprint density at radius 1 is 0.594 bits per heavy atom. The largest absolute Gasteiger partial charge is 0.407 e. The Morgan fingerprint density at radius 3 is 1.16 bits per heavy atom. The van der Waals surface area contributed by atoms with Crippen molar-refractivity contribution in [3.8, 4) is 0 Å². The van der Waals surface area contributed by atoms with E-state index in [1.54, 1.807) is 13.8 Å². The molecule has 2 unspecified atom stereocenters. The second-order valence-electron chi connectivity index (χ2n) is 7.39. The van der Waals surface area contributed by atoms with Gasteiger partial charge in [0.05, 0.1) is 13.2 Å². The third-order valence-electron chi connectivity index (χ3n) is 4.60. The van der Waals surface area contributed by atoms with E-state index < -0.39 is 69.1 Å². The van der Waals surface area contributed by atoms with Crippen molar-refractivity contribution in [2.24, 2.45) is 0 Å².